The smallest absolute Gasteiger partial charge is 0.160 e. The third-order valence-electron chi connectivity index (χ3n) is 3.93. The van der Waals surface area contributed by atoms with Crippen molar-refractivity contribution in [2.75, 3.05) is 6.61 Å². The topological polar surface area (TPSA) is 73.3 Å². The first-order chi connectivity index (χ1) is 13.0. The number of nitrogens with zero attached hydrogens (tertiary/aromatic N) is 3. The Labute approximate surface area is 159 Å². The molecular weight excluding hydrogens is 342 g/mol. The number of hydrogen-bond acceptors (Lipinski definition) is 5. The maximum absolute atomic E-state index is 9.72. The standard InChI is InChI=1S/C21H25N3O3/c1-15(2)14-26-19-7-4-17(5-8-19)6-9-20-12-18(23-27-20)13-24-11-10-22-21(24)16(3)25/h4-12,15-16,25H,13-14H2,1-3H3/t16-/m0/s1. The molecule has 0 fully saturated rings. The van der Waals surface area contributed by atoms with E-state index in [4.69, 9.17) is 9.26 Å². The molecule has 6 heteroatoms. The minimum Gasteiger partial charge on any atom is -0.493 e. The Bertz CT molecular complexity index is 876. The van der Waals surface area contributed by atoms with Gasteiger partial charge in [0.15, 0.2) is 5.76 Å². The number of rotatable bonds is 8. The van der Waals surface area contributed by atoms with Gasteiger partial charge in [-0.05, 0) is 36.6 Å². The van der Waals surface area contributed by atoms with E-state index < -0.39 is 6.10 Å². The Balaban J connectivity index is 1.61. The van der Waals surface area contributed by atoms with Crippen molar-refractivity contribution in [3.8, 4) is 5.75 Å². The van der Waals surface area contributed by atoms with Gasteiger partial charge in [-0.25, -0.2) is 4.98 Å². The summed E-state index contributed by atoms with van der Waals surface area (Å²) in [5, 5.41) is 13.8. The van der Waals surface area contributed by atoms with Crippen LogP contribution < -0.4 is 4.74 Å². The predicted molar refractivity (Wildman–Crippen MR) is 104 cm³/mol. The van der Waals surface area contributed by atoms with E-state index in [1.54, 1.807) is 13.1 Å². The summed E-state index contributed by atoms with van der Waals surface area (Å²) in [4.78, 5) is 4.15. The normalized spacial score (nSPS) is 12.8. The summed E-state index contributed by atoms with van der Waals surface area (Å²) in [6, 6.07) is 9.81. The van der Waals surface area contributed by atoms with Crippen molar-refractivity contribution < 1.29 is 14.4 Å². The van der Waals surface area contributed by atoms with Gasteiger partial charge < -0.3 is 18.9 Å². The molecule has 6 nitrogen and oxygen atoms in total. The second-order valence-corrected chi connectivity index (χ2v) is 6.92. The summed E-state index contributed by atoms with van der Waals surface area (Å²) in [5.41, 5.74) is 1.82. The third kappa shape index (κ3) is 5.31. The van der Waals surface area contributed by atoms with E-state index in [0.717, 1.165) is 17.0 Å². The highest BCUT2D eigenvalue weighted by Crippen LogP contribution is 2.17. The lowest BCUT2D eigenvalue weighted by atomic mass is 10.2. The quantitative estimate of drug-likeness (QED) is 0.647. The van der Waals surface area contributed by atoms with Crippen molar-refractivity contribution in [3.63, 3.8) is 0 Å². The van der Waals surface area contributed by atoms with Gasteiger partial charge in [0.2, 0.25) is 0 Å². The van der Waals surface area contributed by atoms with Gasteiger partial charge in [0.25, 0.3) is 0 Å². The van der Waals surface area contributed by atoms with Crippen LogP contribution in [0.25, 0.3) is 12.2 Å². The van der Waals surface area contributed by atoms with Crippen LogP contribution in [0.3, 0.4) is 0 Å². The molecule has 0 bridgehead atoms. The lowest BCUT2D eigenvalue weighted by Gasteiger charge is -2.08. The fourth-order valence-electron chi connectivity index (χ4n) is 2.59. The lowest BCUT2D eigenvalue weighted by Crippen LogP contribution is -2.07. The van der Waals surface area contributed by atoms with Crippen LogP contribution in [-0.4, -0.2) is 26.4 Å². The highest BCUT2D eigenvalue weighted by molar-refractivity contribution is 5.67. The van der Waals surface area contributed by atoms with Crippen molar-refractivity contribution in [3.05, 3.63) is 65.6 Å². The zero-order valence-corrected chi connectivity index (χ0v) is 15.9. The van der Waals surface area contributed by atoms with E-state index in [1.165, 1.54) is 0 Å². The summed E-state index contributed by atoms with van der Waals surface area (Å²) in [7, 11) is 0. The molecule has 1 N–H and O–H groups in total. The van der Waals surface area contributed by atoms with E-state index in [9.17, 15) is 5.11 Å². The molecule has 142 valence electrons. The average molecular weight is 367 g/mol. The Morgan fingerprint density at radius 2 is 1.96 bits per heavy atom. The van der Waals surface area contributed by atoms with Crippen LogP contribution in [0.15, 0.2) is 47.2 Å². The van der Waals surface area contributed by atoms with Crippen LogP contribution in [-0.2, 0) is 6.54 Å². The Kier molecular flexibility index (Phi) is 6.08. The molecule has 0 radical (unpaired) electrons. The van der Waals surface area contributed by atoms with Crippen LogP contribution >= 0.6 is 0 Å². The first-order valence-corrected chi connectivity index (χ1v) is 9.07. The van der Waals surface area contributed by atoms with Crippen LogP contribution in [0.4, 0.5) is 0 Å². The molecule has 0 saturated heterocycles. The summed E-state index contributed by atoms with van der Waals surface area (Å²) >= 11 is 0. The average Bonchev–Trinajstić information content (AvgIpc) is 3.29. The Morgan fingerprint density at radius 1 is 1.19 bits per heavy atom. The number of benzene rings is 1. The monoisotopic (exact) mass is 367 g/mol. The molecule has 1 atom stereocenters. The van der Waals surface area contributed by atoms with Crippen LogP contribution in [0.2, 0.25) is 0 Å². The molecule has 2 aromatic heterocycles. The van der Waals surface area contributed by atoms with Crippen molar-refractivity contribution >= 4 is 12.2 Å². The molecule has 3 aromatic rings. The molecule has 0 spiro atoms. The minimum atomic E-state index is -0.626. The molecule has 0 amide bonds. The molecule has 0 aliphatic carbocycles. The van der Waals surface area contributed by atoms with Crippen LogP contribution in [0, 0.1) is 5.92 Å². The van der Waals surface area contributed by atoms with Gasteiger partial charge in [-0.3, -0.25) is 0 Å². The first-order valence-electron chi connectivity index (χ1n) is 9.07. The number of aliphatic hydroxyl groups excluding tert-OH is 1. The second kappa shape index (κ2) is 8.68. The lowest BCUT2D eigenvalue weighted by molar-refractivity contribution is 0.184. The van der Waals surface area contributed by atoms with E-state index in [2.05, 4.69) is 24.0 Å². The summed E-state index contributed by atoms with van der Waals surface area (Å²) < 4.78 is 12.9. The minimum absolute atomic E-state index is 0.499. The first kappa shape index (κ1) is 18.9. The largest absolute Gasteiger partial charge is 0.493 e. The zero-order chi connectivity index (χ0) is 19.2. The summed E-state index contributed by atoms with van der Waals surface area (Å²) in [5.74, 6) is 2.65. The van der Waals surface area contributed by atoms with Crippen molar-refractivity contribution in [2.45, 2.75) is 33.4 Å². The van der Waals surface area contributed by atoms with Gasteiger partial charge >= 0.3 is 0 Å². The SMILES string of the molecule is CC(C)COc1ccc(C=Cc2cc(Cn3ccnc3[C@H](C)O)no2)cc1. The van der Waals surface area contributed by atoms with E-state index >= 15 is 0 Å². The van der Waals surface area contributed by atoms with E-state index in [0.29, 0.717) is 30.7 Å². The molecule has 27 heavy (non-hydrogen) atoms. The Morgan fingerprint density at radius 3 is 2.67 bits per heavy atom. The van der Waals surface area contributed by atoms with Crippen LogP contribution in [0.1, 0.15) is 49.7 Å². The number of aromatic nitrogens is 3. The Hall–Kier alpha value is -2.86. The number of ether oxygens (including phenoxy) is 1. The number of aliphatic hydroxyl groups is 1. The highest BCUT2D eigenvalue weighted by atomic mass is 16.5. The molecule has 0 aliphatic rings. The van der Waals surface area contributed by atoms with Gasteiger partial charge in [0.05, 0.1) is 13.2 Å². The molecule has 1 aromatic carbocycles. The molecule has 3 rings (SSSR count). The molecule has 0 aliphatic heterocycles. The number of imidazole rings is 1. The second-order valence-electron chi connectivity index (χ2n) is 6.92. The highest BCUT2D eigenvalue weighted by Gasteiger charge is 2.10. The fraction of sp³-hybridized carbons (Fsp3) is 0.333. The van der Waals surface area contributed by atoms with E-state index in [-0.39, 0.29) is 0 Å². The molecular formula is C21H25N3O3. The molecule has 2 heterocycles. The maximum Gasteiger partial charge on any atom is 0.160 e. The van der Waals surface area contributed by atoms with E-state index in [1.807, 2.05) is 53.2 Å². The molecule has 0 saturated carbocycles. The van der Waals surface area contributed by atoms with Crippen LogP contribution in [0.5, 0.6) is 5.75 Å². The van der Waals surface area contributed by atoms with Gasteiger partial charge in [-0.1, -0.05) is 37.2 Å². The third-order valence-corrected chi connectivity index (χ3v) is 3.93. The van der Waals surface area contributed by atoms with Gasteiger partial charge in [0.1, 0.15) is 23.4 Å². The van der Waals surface area contributed by atoms with Gasteiger partial charge in [-0.15, -0.1) is 0 Å². The summed E-state index contributed by atoms with van der Waals surface area (Å²) in [6.07, 6.45) is 6.70. The van der Waals surface area contributed by atoms with Crippen molar-refractivity contribution in [1.82, 2.24) is 14.7 Å². The number of hydrogen-bond donors (Lipinski definition) is 1. The van der Waals surface area contributed by atoms with Gasteiger partial charge in [0, 0.05) is 18.5 Å². The summed E-state index contributed by atoms with van der Waals surface area (Å²) in [6.45, 7) is 7.15. The van der Waals surface area contributed by atoms with Crippen molar-refractivity contribution in [1.29, 1.82) is 0 Å². The zero-order valence-electron chi connectivity index (χ0n) is 15.9. The fourth-order valence-corrected chi connectivity index (χ4v) is 2.59. The predicted octanol–water partition coefficient (Wildman–Crippen LogP) is 4.18. The maximum atomic E-state index is 9.72. The molecule has 0 unspecified atom stereocenters. The van der Waals surface area contributed by atoms with Gasteiger partial charge in [-0.2, -0.15) is 0 Å². The van der Waals surface area contributed by atoms with Crippen molar-refractivity contribution in [2.24, 2.45) is 5.92 Å².